The first-order valence-corrected chi connectivity index (χ1v) is 8.17. The van der Waals surface area contributed by atoms with Crippen molar-refractivity contribution in [3.05, 3.63) is 53.6 Å². The van der Waals surface area contributed by atoms with Crippen molar-refractivity contribution >= 4 is 23.2 Å². The van der Waals surface area contributed by atoms with Crippen molar-refractivity contribution in [1.82, 2.24) is 0 Å². The Morgan fingerprint density at radius 3 is 2.12 bits per heavy atom. The number of aryl methyl sites for hydroxylation is 2. The van der Waals surface area contributed by atoms with E-state index in [-0.39, 0.29) is 11.8 Å². The van der Waals surface area contributed by atoms with Gasteiger partial charge in [-0.2, -0.15) is 0 Å². The molecule has 0 aliphatic heterocycles. The Hall–Kier alpha value is -2.82. The van der Waals surface area contributed by atoms with Gasteiger partial charge in [0.05, 0.1) is 0 Å². The fourth-order valence-corrected chi connectivity index (χ4v) is 2.41. The van der Waals surface area contributed by atoms with E-state index in [0.717, 1.165) is 22.6 Å². The molecule has 1 atom stereocenters. The van der Waals surface area contributed by atoms with Gasteiger partial charge in [0, 0.05) is 25.3 Å². The molecular weight excluding hydrogens is 316 g/mol. The summed E-state index contributed by atoms with van der Waals surface area (Å²) in [4.78, 5) is 25.3. The summed E-state index contributed by atoms with van der Waals surface area (Å²) in [5.74, 6) is 0.464. The number of carbonyl (C=O) groups is 2. The Morgan fingerprint density at radius 2 is 1.60 bits per heavy atom. The van der Waals surface area contributed by atoms with Crippen LogP contribution in [0.5, 0.6) is 5.75 Å². The van der Waals surface area contributed by atoms with Gasteiger partial charge in [-0.3, -0.25) is 9.59 Å². The second-order valence-electron chi connectivity index (χ2n) is 6.10. The smallest absolute Gasteiger partial charge is 0.265 e. The van der Waals surface area contributed by atoms with E-state index in [0.29, 0.717) is 5.69 Å². The summed E-state index contributed by atoms with van der Waals surface area (Å²) >= 11 is 0. The lowest BCUT2D eigenvalue weighted by Crippen LogP contribution is -2.30. The van der Waals surface area contributed by atoms with Crippen molar-refractivity contribution in [3.8, 4) is 5.75 Å². The Bertz CT molecular complexity index is 749. The third-order valence-electron chi connectivity index (χ3n) is 4.07. The summed E-state index contributed by atoms with van der Waals surface area (Å²) in [7, 11) is 1.70. The molecule has 2 aromatic rings. The van der Waals surface area contributed by atoms with Crippen molar-refractivity contribution in [2.24, 2.45) is 0 Å². The van der Waals surface area contributed by atoms with Crippen LogP contribution in [0.3, 0.4) is 0 Å². The molecule has 0 aromatic heterocycles. The minimum Gasteiger partial charge on any atom is -0.480 e. The summed E-state index contributed by atoms with van der Waals surface area (Å²) in [6.07, 6.45) is -0.626. The van der Waals surface area contributed by atoms with Crippen molar-refractivity contribution < 1.29 is 14.3 Å². The Morgan fingerprint density at radius 1 is 1.04 bits per heavy atom. The largest absolute Gasteiger partial charge is 0.480 e. The number of benzene rings is 2. The molecule has 2 rings (SSSR count). The zero-order valence-corrected chi connectivity index (χ0v) is 15.3. The van der Waals surface area contributed by atoms with E-state index >= 15 is 0 Å². The molecule has 25 heavy (non-hydrogen) atoms. The fraction of sp³-hybridized carbons (Fsp3) is 0.300. The summed E-state index contributed by atoms with van der Waals surface area (Å²) in [6, 6.07) is 13.0. The van der Waals surface area contributed by atoms with Crippen LogP contribution in [0.25, 0.3) is 0 Å². The number of hydrogen-bond acceptors (Lipinski definition) is 3. The number of hydrogen-bond donors (Lipinski definition) is 1. The summed E-state index contributed by atoms with van der Waals surface area (Å²) in [5, 5.41) is 2.83. The number of amides is 2. The summed E-state index contributed by atoms with van der Waals surface area (Å²) in [5.41, 5.74) is 3.42. The van der Waals surface area contributed by atoms with E-state index in [1.165, 1.54) is 11.8 Å². The van der Waals surface area contributed by atoms with Crippen molar-refractivity contribution in [2.45, 2.75) is 33.8 Å². The Kier molecular flexibility index (Phi) is 5.80. The molecule has 0 heterocycles. The van der Waals surface area contributed by atoms with Gasteiger partial charge in [0.2, 0.25) is 5.91 Å². The molecule has 5 nitrogen and oxygen atoms in total. The van der Waals surface area contributed by atoms with Gasteiger partial charge in [0.25, 0.3) is 5.91 Å². The van der Waals surface area contributed by atoms with Gasteiger partial charge in [0.15, 0.2) is 6.10 Å². The number of carbonyl (C=O) groups excluding carboxylic acids is 2. The minimum absolute atomic E-state index is 0.0487. The lowest BCUT2D eigenvalue weighted by Gasteiger charge is -2.18. The zero-order chi connectivity index (χ0) is 18.6. The molecule has 0 bridgehead atoms. The average Bonchev–Trinajstić information content (AvgIpc) is 2.58. The topological polar surface area (TPSA) is 58.6 Å². The molecule has 0 spiro atoms. The number of anilines is 2. The van der Waals surface area contributed by atoms with Crippen molar-refractivity contribution in [3.63, 3.8) is 0 Å². The van der Waals surface area contributed by atoms with Crippen LogP contribution in [0.15, 0.2) is 42.5 Å². The van der Waals surface area contributed by atoms with Gasteiger partial charge in [-0.05, 0) is 56.2 Å². The van der Waals surface area contributed by atoms with E-state index in [4.69, 9.17) is 4.74 Å². The minimum atomic E-state index is -0.626. The van der Waals surface area contributed by atoms with Crippen LogP contribution in [0.4, 0.5) is 11.4 Å². The Labute approximate surface area is 148 Å². The molecule has 2 aromatic carbocycles. The molecule has 1 N–H and O–H groups in total. The maximum Gasteiger partial charge on any atom is 0.265 e. The van der Waals surface area contributed by atoms with Crippen LogP contribution in [0, 0.1) is 13.8 Å². The van der Waals surface area contributed by atoms with E-state index < -0.39 is 6.10 Å². The highest BCUT2D eigenvalue weighted by molar-refractivity contribution is 5.95. The second-order valence-corrected chi connectivity index (χ2v) is 6.10. The van der Waals surface area contributed by atoms with Gasteiger partial charge in [-0.25, -0.2) is 0 Å². The van der Waals surface area contributed by atoms with Crippen molar-refractivity contribution in [2.75, 3.05) is 17.3 Å². The van der Waals surface area contributed by atoms with E-state index in [9.17, 15) is 9.59 Å². The van der Waals surface area contributed by atoms with E-state index in [1.807, 2.05) is 32.0 Å². The molecular formula is C20H24N2O3. The number of para-hydroxylation sites is 1. The standard InChI is InChI=1S/C20H24N2O3/c1-13-7-6-8-14(2)19(13)25-15(3)20(24)21-17-9-11-18(12-10-17)22(5)16(4)23/h6-12,15H,1-5H3,(H,21,24). The van der Waals surface area contributed by atoms with Gasteiger partial charge >= 0.3 is 0 Å². The molecule has 0 aliphatic rings. The number of nitrogens with zero attached hydrogens (tertiary/aromatic N) is 1. The maximum atomic E-state index is 12.4. The van der Waals surface area contributed by atoms with Crippen molar-refractivity contribution in [1.29, 1.82) is 0 Å². The van der Waals surface area contributed by atoms with E-state index in [2.05, 4.69) is 5.32 Å². The van der Waals surface area contributed by atoms with Gasteiger partial charge in [-0.1, -0.05) is 18.2 Å². The highest BCUT2D eigenvalue weighted by Gasteiger charge is 2.17. The van der Waals surface area contributed by atoms with Crippen LogP contribution in [0.2, 0.25) is 0 Å². The second kappa shape index (κ2) is 7.83. The first-order valence-electron chi connectivity index (χ1n) is 8.17. The first kappa shape index (κ1) is 18.5. The molecule has 1 unspecified atom stereocenters. The number of ether oxygens (including phenoxy) is 1. The normalized spacial score (nSPS) is 11.6. The molecule has 2 amide bonds. The first-order chi connectivity index (χ1) is 11.8. The third-order valence-corrected chi connectivity index (χ3v) is 4.07. The zero-order valence-electron chi connectivity index (χ0n) is 15.3. The van der Waals surface area contributed by atoms with Crippen LogP contribution >= 0.6 is 0 Å². The molecule has 132 valence electrons. The van der Waals surface area contributed by atoms with Crippen LogP contribution in [-0.2, 0) is 9.59 Å². The molecule has 0 fully saturated rings. The maximum absolute atomic E-state index is 12.4. The number of rotatable bonds is 5. The van der Waals surface area contributed by atoms with Crippen LogP contribution in [0.1, 0.15) is 25.0 Å². The Balaban J connectivity index is 2.02. The van der Waals surface area contributed by atoms with Gasteiger partial charge in [0.1, 0.15) is 5.75 Å². The van der Waals surface area contributed by atoms with Crippen LogP contribution in [-0.4, -0.2) is 25.0 Å². The quantitative estimate of drug-likeness (QED) is 0.903. The molecule has 0 aliphatic carbocycles. The monoisotopic (exact) mass is 340 g/mol. The predicted molar refractivity (Wildman–Crippen MR) is 100 cm³/mol. The average molecular weight is 340 g/mol. The molecule has 0 saturated carbocycles. The highest BCUT2D eigenvalue weighted by atomic mass is 16.5. The SMILES string of the molecule is CC(=O)N(C)c1ccc(NC(=O)C(C)Oc2c(C)cccc2C)cc1. The third kappa shape index (κ3) is 4.59. The lowest BCUT2D eigenvalue weighted by atomic mass is 10.1. The molecule has 0 saturated heterocycles. The highest BCUT2D eigenvalue weighted by Crippen LogP contribution is 2.24. The predicted octanol–water partition coefficient (Wildman–Crippen LogP) is 3.69. The van der Waals surface area contributed by atoms with E-state index in [1.54, 1.807) is 38.2 Å². The number of nitrogens with one attached hydrogen (secondary N) is 1. The molecule has 5 heteroatoms. The van der Waals surface area contributed by atoms with Crippen LogP contribution < -0.4 is 15.0 Å². The van der Waals surface area contributed by atoms with Gasteiger partial charge < -0.3 is 15.0 Å². The fourth-order valence-electron chi connectivity index (χ4n) is 2.41. The van der Waals surface area contributed by atoms with Gasteiger partial charge in [-0.15, -0.1) is 0 Å². The summed E-state index contributed by atoms with van der Waals surface area (Å²) in [6.45, 7) is 7.13. The molecule has 0 radical (unpaired) electrons. The lowest BCUT2D eigenvalue weighted by molar-refractivity contribution is -0.122. The summed E-state index contributed by atoms with van der Waals surface area (Å²) < 4.78 is 5.84.